The van der Waals surface area contributed by atoms with E-state index in [0.29, 0.717) is 43.3 Å². The first-order valence-electron chi connectivity index (χ1n) is 12.7. The molecule has 0 aliphatic carbocycles. The number of pyridine rings is 1. The standard InChI is InChI=1S/C27H32F2N8O2/c1-5-36(15-24(38)39)9-8-30-12-18-6-7-23(31-13-18)34-27-32-14-21(29)25(35-27)19-10-20(28)26-22(11-19)37(16(2)3)17(4)33-26/h6-7,10-11,13-14,16,30H,5,8-9,12,15H2,1-4H3,(H,38,39)(H,31,32,34,35)/p-1. The molecule has 12 heteroatoms. The molecule has 0 atom stereocenters. The van der Waals surface area contributed by atoms with E-state index >= 15 is 0 Å². The zero-order valence-corrected chi connectivity index (χ0v) is 22.3. The molecule has 0 bridgehead atoms. The van der Waals surface area contributed by atoms with Gasteiger partial charge in [-0.25, -0.2) is 28.7 Å². The van der Waals surface area contributed by atoms with Gasteiger partial charge in [-0.15, -0.1) is 0 Å². The number of carboxylic acid groups (broad SMARTS) is 1. The maximum absolute atomic E-state index is 14.9. The van der Waals surface area contributed by atoms with Crippen molar-refractivity contribution in [1.82, 2.24) is 34.7 Å². The molecule has 4 rings (SSSR count). The molecule has 2 N–H and O–H groups in total. The average Bonchev–Trinajstić information content (AvgIpc) is 3.24. The van der Waals surface area contributed by atoms with Gasteiger partial charge in [-0.1, -0.05) is 13.0 Å². The van der Waals surface area contributed by atoms with Crippen LogP contribution in [0.1, 0.15) is 38.2 Å². The molecule has 206 valence electrons. The Bertz CT molecular complexity index is 1460. The second kappa shape index (κ2) is 12.2. The molecule has 4 aromatic rings. The molecular formula is C27H31F2N8O2-. The van der Waals surface area contributed by atoms with Crippen molar-refractivity contribution >= 4 is 28.8 Å². The summed E-state index contributed by atoms with van der Waals surface area (Å²) in [6.07, 6.45) is 2.72. The minimum absolute atomic E-state index is 0.0388. The third kappa shape index (κ3) is 6.70. The van der Waals surface area contributed by atoms with E-state index in [4.69, 9.17) is 0 Å². The normalized spacial score (nSPS) is 11.6. The van der Waals surface area contributed by atoms with Crippen LogP contribution in [0.15, 0.2) is 36.7 Å². The van der Waals surface area contributed by atoms with Gasteiger partial charge >= 0.3 is 0 Å². The monoisotopic (exact) mass is 537 g/mol. The highest BCUT2D eigenvalue weighted by molar-refractivity contribution is 5.83. The van der Waals surface area contributed by atoms with Crippen molar-refractivity contribution in [3.8, 4) is 11.3 Å². The number of nitrogens with zero attached hydrogens (tertiary/aromatic N) is 6. The second-order valence-electron chi connectivity index (χ2n) is 9.43. The first-order chi connectivity index (χ1) is 18.7. The van der Waals surface area contributed by atoms with Gasteiger partial charge in [0.2, 0.25) is 5.95 Å². The number of carbonyl (C=O) groups is 1. The van der Waals surface area contributed by atoms with E-state index in [9.17, 15) is 18.7 Å². The summed E-state index contributed by atoms with van der Waals surface area (Å²) in [5, 5.41) is 17.0. The molecule has 0 saturated carbocycles. The fourth-order valence-electron chi connectivity index (χ4n) is 4.41. The van der Waals surface area contributed by atoms with Gasteiger partial charge in [-0.2, -0.15) is 0 Å². The number of imidazole rings is 1. The van der Waals surface area contributed by atoms with Gasteiger partial charge in [0.1, 0.15) is 22.9 Å². The van der Waals surface area contributed by atoms with Crippen LogP contribution in [-0.4, -0.2) is 61.6 Å². The first kappa shape index (κ1) is 28.0. The molecule has 10 nitrogen and oxygen atoms in total. The predicted octanol–water partition coefficient (Wildman–Crippen LogP) is 2.96. The van der Waals surface area contributed by atoms with Crippen LogP contribution in [0.5, 0.6) is 0 Å². The Labute approximate surface area is 225 Å². The van der Waals surface area contributed by atoms with Crippen LogP contribution in [0.4, 0.5) is 20.5 Å². The quantitative estimate of drug-likeness (QED) is 0.263. The van der Waals surface area contributed by atoms with E-state index in [2.05, 4.69) is 30.6 Å². The van der Waals surface area contributed by atoms with Gasteiger partial charge in [0.25, 0.3) is 0 Å². The summed E-state index contributed by atoms with van der Waals surface area (Å²) in [5.41, 5.74) is 1.96. The minimum Gasteiger partial charge on any atom is -0.549 e. The number of aromatic nitrogens is 5. The lowest BCUT2D eigenvalue weighted by Crippen LogP contribution is -2.40. The van der Waals surface area contributed by atoms with E-state index in [-0.39, 0.29) is 35.3 Å². The Kier molecular flexibility index (Phi) is 8.77. The molecule has 0 saturated heterocycles. The van der Waals surface area contributed by atoms with E-state index < -0.39 is 17.6 Å². The topological polar surface area (TPSA) is 124 Å². The Balaban J connectivity index is 1.45. The molecule has 0 aliphatic rings. The number of fused-ring (bicyclic) bond motifs is 1. The number of carboxylic acids is 1. The maximum atomic E-state index is 14.9. The van der Waals surface area contributed by atoms with Gasteiger partial charge < -0.3 is 25.1 Å². The predicted molar refractivity (Wildman–Crippen MR) is 142 cm³/mol. The van der Waals surface area contributed by atoms with Crippen molar-refractivity contribution in [3.05, 3.63) is 59.7 Å². The molecule has 39 heavy (non-hydrogen) atoms. The molecule has 0 fully saturated rings. The Morgan fingerprint density at radius 2 is 1.92 bits per heavy atom. The summed E-state index contributed by atoms with van der Waals surface area (Å²) < 4.78 is 31.6. The smallest absolute Gasteiger partial charge is 0.229 e. The van der Waals surface area contributed by atoms with Crippen molar-refractivity contribution < 1.29 is 18.7 Å². The lowest BCUT2D eigenvalue weighted by molar-refractivity contribution is -0.306. The van der Waals surface area contributed by atoms with Crippen LogP contribution in [-0.2, 0) is 11.3 Å². The second-order valence-corrected chi connectivity index (χ2v) is 9.43. The van der Waals surface area contributed by atoms with E-state index in [1.165, 1.54) is 6.07 Å². The van der Waals surface area contributed by atoms with Crippen molar-refractivity contribution in [1.29, 1.82) is 0 Å². The zero-order chi connectivity index (χ0) is 28.1. The summed E-state index contributed by atoms with van der Waals surface area (Å²) in [6, 6.07) is 6.57. The Hall–Kier alpha value is -4.03. The van der Waals surface area contributed by atoms with E-state index in [1.54, 1.807) is 30.2 Å². The number of anilines is 2. The van der Waals surface area contributed by atoms with Crippen LogP contribution in [0.2, 0.25) is 0 Å². The van der Waals surface area contributed by atoms with Crippen molar-refractivity contribution in [2.24, 2.45) is 0 Å². The minimum atomic E-state index is -1.09. The number of aryl methyl sites for hydroxylation is 1. The molecule has 0 spiro atoms. The molecule has 3 heterocycles. The maximum Gasteiger partial charge on any atom is 0.229 e. The van der Waals surface area contributed by atoms with Crippen molar-refractivity contribution in [3.63, 3.8) is 0 Å². The number of rotatable bonds is 12. The van der Waals surface area contributed by atoms with Crippen molar-refractivity contribution in [2.45, 2.75) is 40.3 Å². The number of hydrogen-bond donors (Lipinski definition) is 2. The molecule has 0 amide bonds. The number of carbonyl (C=O) groups excluding carboxylic acids is 1. The fraction of sp³-hybridized carbons (Fsp3) is 0.370. The van der Waals surface area contributed by atoms with E-state index in [0.717, 1.165) is 11.8 Å². The lowest BCUT2D eigenvalue weighted by atomic mass is 10.1. The van der Waals surface area contributed by atoms with Gasteiger partial charge in [-0.05, 0) is 51.1 Å². The Morgan fingerprint density at radius 3 is 2.59 bits per heavy atom. The third-order valence-corrected chi connectivity index (χ3v) is 6.26. The largest absolute Gasteiger partial charge is 0.549 e. The molecule has 0 radical (unpaired) electrons. The van der Waals surface area contributed by atoms with Gasteiger partial charge in [0, 0.05) is 44.0 Å². The summed E-state index contributed by atoms with van der Waals surface area (Å²) >= 11 is 0. The van der Waals surface area contributed by atoms with Crippen LogP contribution < -0.4 is 15.7 Å². The molecule has 1 aromatic carbocycles. The summed E-state index contributed by atoms with van der Waals surface area (Å²) in [4.78, 5) is 29.5. The zero-order valence-electron chi connectivity index (χ0n) is 22.3. The summed E-state index contributed by atoms with van der Waals surface area (Å²) in [7, 11) is 0. The number of halogens is 2. The molecule has 0 aliphatic heterocycles. The van der Waals surface area contributed by atoms with Crippen LogP contribution in [0, 0.1) is 18.6 Å². The van der Waals surface area contributed by atoms with Crippen LogP contribution in [0.25, 0.3) is 22.3 Å². The highest BCUT2D eigenvalue weighted by atomic mass is 19.1. The van der Waals surface area contributed by atoms with Crippen LogP contribution >= 0.6 is 0 Å². The first-order valence-corrected chi connectivity index (χ1v) is 12.7. The number of nitrogens with one attached hydrogen (secondary N) is 2. The van der Waals surface area contributed by atoms with Gasteiger partial charge in [0.05, 0.1) is 17.7 Å². The van der Waals surface area contributed by atoms with Gasteiger partial charge in [0.15, 0.2) is 11.6 Å². The average molecular weight is 538 g/mol. The summed E-state index contributed by atoms with van der Waals surface area (Å²) in [6.45, 7) is 9.91. The third-order valence-electron chi connectivity index (χ3n) is 6.26. The van der Waals surface area contributed by atoms with E-state index in [1.807, 2.05) is 31.4 Å². The Morgan fingerprint density at radius 1 is 1.13 bits per heavy atom. The van der Waals surface area contributed by atoms with Crippen LogP contribution in [0.3, 0.4) is 0 Å². The number of hydrogen-bond acceptors (Lipinski definition) is 9. The SMILES string of the molecule is CCN(CCNCc1ccc(Nc2ncc(F)c(-c3cc(F)c4nc(C)n(C(C)C)c4c3)n2)nc1)CC(=O)[O-]. The van der Waals surface area contributed by atoms with Gasteiger partial charge in [-0.3, -0.25) is 4.90 Å². The molecule has 3 aromatic heterocycles. The number of aliphatic carboxylic acids is 1. The molecular weight excluding hydrogens is 506 g/mol. The fourth-order valence-corrected chi connectivity index (χ4v) is 4.41. The highest BCUT2D eigenvalue weighted by Crippen LogP contribution is 2.30. The number of likely N-dealkylation sites (N-methyl/N-ethyl adjacent to an activating group) is 1. The lowest BCUT2D eigenvalue weighted by Gasteiger charge is -2.20. The number of benzene rings is 1. The molecule has 0 unspecified atom stereocenters. The highest BCUT2D eigenvalue weighted by Gasteiger charge is 2.18. The summed E-state index contributed by atoms with van der Waals surface area (Å²) in [5.74, 6) is -1.08. The van der Waals surface area contributed by atoms with Crippen molar-refractivity contribution in [2.75, 3.05) is 31.5 Å².